The van der Waals surface area contributed by atoms with E-state index in [2.05, 4.69) is 17.9 Å². The Labute approximate surface area is 111 Å². The SMILES string of the molecule is C=CCC(CC=C)(COC(=O)O)C(O)c1ccco1. The highest BCUT2D eigenvalue weighted by molar-refractivity contribution is 5.56. The third kappa shape index (κ3) is 3.72. The topological polar surface area (TPSA) is 79.9 Å². The van der Waals surface area contributed by atoms with Crippen LogP contribution in [0, 0.1) is 5.41 Å². The predicted molar refractivity (Wildman–Crippen MR) is 69.7 cm³/mol. The fourth-order valence-corrected chi connectivity index (χ4v) is 2.03. The van der Waals surface area contributed by atoms with Crippen LogP contribution in [0.15, 0.2) is 48.1 Å². The van der Waals surface area contributed by atoms with Crippen molar-refractivity contribution < 1.29 is 24.2 Å². The van der Waals surface area contributed by atoms with Gasteiger partial charge in [0, 0.05) is 5.41 Å². The maximum absolute atomic E-state index is 10.6. The number of aliphatic hydroxyl groups excluding tert-OH is 1. The number of allylic oxidation sites excluding steroid dienone is 2. The molecule has 0 saturated heterocycles. The molecule has 0 aliphatic rings. The van der Waals surface area contributed by atoms with Crippen molar-refractivity contribution in [2.24, 2.45) is 5.41 Å². The lowest BCUT2D eigenvalue weighted by Crippen LogP contribution is -2.34. The molecule has 1 aromatic rings. The van der Waals surface area contributed by atoms with Crippen LogP contribution in [0.1, 0.15) is 24.7 Å². The summed E-state index contributed by atoms with van der Waals surface area (Å²) in [6, 6.07) is 3.29. The summed E-state index contributed by atoms with van der Waals surface area (Å²) in [6.07, 6.45) is 3.02. The van der Waals surface area contributed by atoms with E-state index in [9.17, 15) is 9.90 Å². The van der Waals surface area contributed by atoms with E-state index >= 15 is 0 Å². The number of carbonyl (C=O) groups is 1. The van der Waals surface area contributed by atoms with Crippen LogP contribution in [0.3, 0.4) is 0 Å². The standard InChI is InChI=1S/C14H18O5/c1-3-7-14(8-4-2,10-19-13(16)17)12(15)11-6-5-9-18-11/h3-6,9,12,15H,1-2,7-8,10H2,(H,16,17). The van der Waals surface area contributed by atoms with E-state index in [0.29, 0.717) is 18.6 Å². The van der Waals surface area contributed by atoms with Gasteiger partial charge >= 0.3 is 6.16 Å². The average molecular weight is 266 g/mol. The second-order valence-electron chi connectivity index (χ2n) is 4.32. The van der Waals surface area contributed by atoms with Crippen molar-refractivity contribution in [2.75, 3.05) is 6.61 Å². The zero-order valence-corrected chi connectivity index (χ0v) is 10.6. The number of carboxylic acid groups (broad SMARTS) is 1. The molecule has 5 nitrogen and oxygen atoms in total. The van der Waals surface area contributed by atoms with E-state index in [-0.39, 0.29) is 6.61 Å². The molecule has 0 aliphatic heterocycles. The summed E-state index contributed by atoms with van der Waals surface area (Å²) in [5, 5.41) is 19.1. The third-order valence-corrected chi connectivity index (χ3v) is 2.98. The van der Waals surface area contributed by atoms with Crippen LogP contribution in [0.4, 0.5) is 4.79 Å². The molecule has 1 atom stereocenters. The van der Waals surface area contributed by atoms with Gasteiger partial charge in [0.1, 0.15) is 18.5 Å². The summed E-state index contributed by atoms with van der Waals surface area (Å²) in [5.74, 6) is 0.359. The number of ether oxygens (including phenoxy) is 1. The first-order valence-corrected chi connectivity index (χ1v) is 5.84. The van der Waals surface area contributed by atoms with Gasteiger partial charge in [0.2, 0.25) is 0 Å². The minimum Gasteiger partial charge on any atom is -0.467 e. The predicted octanol–water partition coefficient (Wildman–Crippen LogP) is 3.15. The van der Waals surface area contributed by atoms with Crippen LogP contribution < -0.4 is 0 Å². The molecule has 0 saturated carbocycles. The Morgan fingerprint density at radius 3 is 2.53 bits per heavy atom. The second-order valence-corrected chi connectivity index (χ2v) is 4.32. The molecule has 104 valence electrons. The van der Waals surface area contributed by atoms with Gasteiger partial charge in [0.05, 0.1) is 6.26 Å². The smallest absolute Gasteiger partial charge is 0.467 e. The first kappa shape index (κ1) is 15.0. The lowest BCUT2D eigenvalue weighted by atomic mass is 9.75. The van der Waals surface area contributed by atoms with E-state index in [1.165, 1.54) is 6.26 Å². The molecule has 0 aliphatic carbocycles. The molecule has 0 radical (unpaired) electrons. The highest BCUT2D eigenvalue weighted by Gasteiger charge is 2.39. The van der Waals surface area contributed by atoms with Crippen LogP contribution in [0.25, 0.3) is 0 Å². The van der Waals surface area contributed by atoms with E-state index in [1.807, 2.05) is 0 Å². The summed E-state index contributed by atoms with van der Waals surface area (Å²) in [5.41, 5.74) is -0.861. The summed E-state index contributed by atoms with van der Waals surface area (Å²) in [7, 11) is 0. The number of furan rings is 1. The van der Waals surface area contributed by atoms with Crippen LogP contribution >= 0.6 is 0 Å². The van der Waals surface area contributed by atoms with Gasteiger partial charge in [-0.25, -0.2) is 4.79 Å². The van der Waals surface area contributed by atoms with Gasteiger partial charge in [0.15, 0.2) is 0 Å². The molecule has 0 amide bonds. The maximum Gasteiger partial charge on any atom is 0.505 e. The minimum absolute atomic E-state index is 0.164. The normalized spacial score (nSPS) is 12.7. The van der Waals surface area contributed by atoms with Crippen molar-refractivity contribution in [3.63, 3.8) is 0 Å². The van der Waals surface area contributed by atoms with Crippen molar-refractivity contribution in [1.29, 1.82) is 0 Å². The molecule has 1 unspecified atom stereocenters. The highest BCUT2D eigenvalue weighted by atomic mass is 16.7. The lowest BCUT2D eigenvalue weighted by Gasteiger charge is -2.34. The van der Waals surface area contributed by atoms with Crippen molar-refractivity contribution in [2.45, 2.75) is 18.9 Å². The number of hydrogen-bond acceptors (Lipinski definition) is 4. The van der Waals surface area contributed by atoms with Gasteiger partial charge < -0.3 is 19.4 Å². The van der Waals surface area contributed by atoms with E-state index in [0.717, 1.165) is 0 Å². The van der Waals surface area contributed by atoms with E-state index in [4.69, 9.17) is 9.52 Å². The Morgan fingerprint density at radius 1 is 1.47 bits per heavy atom. The van der Waals surface area contributed by atoms with Crippen LogP contribution in [0.2, 0.25) is 0 Å². The minimum atomic E-state index is -1.39. The van der Waals surface area contributed by atoms with Gasteiger partial charge in [-0.3, -0.25) is 0 Å². The molecule has 0 bridgehead atoms. The lowest BCUT2D eigenvalue weighted by molar-refractivity contribution is -0.0419. The fourth-order valence-electron chi connectivity index (χ4n) is 2.03. The summed E-state index contributed by atoms with van der Waals surface area (Å²) < 4.78 is 9.83. The molecule has 1 rings (SSSR count). The summed E-state index contributed by atoms with van der Waals surface area (Å²) in [4.78, 5) is 10.6. The molecule has 19 heavy (non-hydrogen) atoms. The second kappa shape index (κ2) is 6.80. The third-order valence-electron chi connectivity index (χ3n) is 2.98. The molecular formula is C14H18O5. The average Bonchev–Trinajstić information content (AvgIpc) is 2.89. The van der Waals surface area contributed by atoms with Gasteiger partial charge in [-0.1, -0.05) is 12.2 Å². The molecule has 5 heteroatoms. The Balaban J connectivity index is 3.02. The monoisotopic (exact) mass is 266 g/mol. The van der Waals surface area contributed by atoms with Crippen LogP contribution in [0.5, 0.6) is 0 Å². The zero-order valence-electron chi connectivity index (χ0n) is 10.6. The molecule has 1 heterocycles. The van der Waals surface area contributed by atoms with Crippen molar-refractivity contribution in [3.05, 3.63) is 49.5 Å². The summed E-state index contributed by atoms with van der Waals surface area (Å²) in [6.45, 7) is 7.11. The fraction of sp³-hybridized carbons (Fsp3) is 0.357. The van der Waals surface area contributed by atoms with E-state index < -0.39 is 17.7 Å². The van der Waals surface area contributed by atoms with Crippen molar-refractivity contribution >= 4 is 6.16 Å². The number of hydrogen-bond donors (Lipinski definition) is 2. The summed E-state index contributed by atoms with van der Waals surface area (Å²) >= 11 is 0. The van der Waals surface area contributed by atoms with Gasteiger partial charge in [-0.05, 0) is 25.0 Å². The molecule has 0 aromatic carbocycles. The zero-order chi connectivity index (χ0) is 14.3. The Kier molecular flexibility index (Phi) is 5.38. The van der Waals surface area contributed by atoms with Gasteiger partial charge in [-0.2, -0.15) is 0 Å². The Bertz CT molecular complexity index is 411. The van der Waals surface area contributed by atoms with Crippen LogP contribution in [-0.2, 0) is 4.74 Å². The van der Waals surface area contributed by atoms with Gasteiger partial charge in [-0.15, -0.1) is 13.2 Å². The molecule has 1 aromatic heterocycles. The maximum atomic E-state index is 10.6. The molecule has 0 fully saturated rings. The Morgan fingerprint density at radius 2 is 2.11 bits per heavy atom. The highest BCUT2D eigenvalue weighted by Crippen LogP contribution is 2.41. The number of aliphatic hydroxyl groups is 1. The number of rotatable bonds is 8. The van der Waals surface area contributed by atoms with Crippen molar-refractivity contribution in [3.8, 4) is 0 Å². The first-order valence-electron chi connectivity index (χ1n) is 5.84. The largest absolute Gasteiger partial charge is 0.505 e. The molecule has 2 N–H and O–H groups in total. The first-order chi connectivity index (χ1) is 9.05. The quantitative estimate of drug-likeness (QED) is 0.558. The van der Waals surface area contributed by atoms with Crippen molar-refractivity contribution in [1.82, 2.24) is 0 Å². The Hall–Kier alpha value is -2.01. The molecule has 0 spiro atoms. The van der Waals surface area contributed by atoms with Gasteiger partial charge in [0.25, 0.3) is 0 Å². The van der Waals surface area contributed by atoms with Crippen LogP contribution in [-0.4, -0.2) is 23.0 Å². The van der Waals surface area contributed by atoms with E-state index in [1.54, 1.807) is 24.3 Å². The molecular weight excluding hydrogens is 248 g/mol.